The molecule has 1 atom stereocenters. The van der Waals surface area contributed by atoms with Crippen LogP contribution in [0.3, 0.4) is 0 Å². The van der Waals surface area contributed by atoms with Gasteiger partial charge in [0.2, 0.25) is 5.91 Å². The van der Waals surface area contributed by atoms with Crippen molar-refractivity contribution in [3.05, 3.63) is 54.1 Å². The molecule has 0 bridgehead atoms. The first-order valence-electron chi connectivity index (χ1n) is 8.87. The number of rotatable bonds is 4. The summed E-state index contributed by atoms with van der Waals surface area (Å²) in [5.74, 6) is 0.929. The Morgan fingerprint density at radius 3 is 2.92 bits per heavy atom. The molecule has 2 aromatic rings. The van der Waals surface area contributed by atoms with Crippen molar-refractivity contribution in [3.63, 3.8) is 0 Å². The third kappa shape index (κ3) is 3.61. The summed E-state index contributed by atoms with van der Waals surface area (Å²) in [5, 5.41) is 6.40. The van der Waals surface area contributed by atoms with Gasteiger partial charge in [0.05, 0.1) is 24.0 Å². The summed E-state index contributed by atoms with van der Waals surface area (Å²) in [5.41, 5.74) is 3.21. The molecule has 0 radical (unpaired) electrons. The van der Waals surface area contributed by atoms with Crippen molar-refractivity contribution in [2.24, 2.45) is 0 Å². The molecule has 25 heavy (non-hydrogen) atoms. The average Bonchev–Trinajstić information content (AvgIpc) is 2.78. The summed E-state index contributed by atoms with van der Waals surface area (Å²) >= 11 is 0. The van der Waals surface area contributed by atoms with E-state index in [0.717, 1.165) is 43.2 Å². The van der Waals surface area contributed by atoms with Crippen LogP contribution in [0.1, 0.15) is 12.0 Å². The zero-order valence-electron chi connectivity index (χ0n) is 14.2. The lowest BCUT2D eigenvalue weighted by Gasteiger charge is -2.36. The maximum absolute atomic E-state index is 12.1. The summed E-state index contributed by atoms with van der Waals surface area (Å²) in [6.45, 7) is 3.31. The topological polar surface area (TPSA) is 53.6 Å². The molecule has 2 aliphatic heterocycles. The first-order valence-corrected chi connectivity index (χ1v) is 8.87. The smallest absolute Gasteiger partial charge is 0.226 e. The lowest BCUT2D eigenvalue weighted by atomic mass is 10.1. The molecule has 0 aliphatic carbocycles. The lowest BCUT2D eigenvalue weighted by molar-refractivity contribution is -0.116. The molecule has 5 heteroatoms. The molecule has 0 aromatic heterocycles. The second-order valence-electron chi connectivity index (χ2n) is 6.57. The number of carbonyl (C=O) groups excluding carboxylic acids is 1. The number of ether oxygens (including phenoxy) is 1. The molecule has 2 N–H and O–H groups in total. The van der Waals surface area contributed by atoms with E-state index in [4.69, 9.17) is 4.74 Å². The first-order chi connectivity index (χ1) is 12.3. The Kier molecular flexibility index (Phi) is 4.57. The molecule has 1 unspecified atom stereocenters. The quantitative estimate of drug-likeness (QED) is 0.900. The minimum Gasteiger partial charge on any atom is -0.493 e. The second-order valence-corrected chi connectivity index (χ2v) is 6.57. The molecule has 5 nitrogen and oxygen atoms in total. The molecule has 130 valence electrons. The highest BCUT2D eigenvalue weighted by Gasteiger charge is 2.30. The van der Waals surface area contributed by atoms with Crippen LogP contribution in [0.4, 0.5) is 11.4 Å². The van der Waals surface area contributed by atoms with Gasteiger partial charge in [0.15, 0.2) is 0 Å². The van der Waals surface area contributed by atoms with Crippen LogP contribution >= 0.6 is 0 Å². The van der Waals surface area contributed by atoms with Crippen LogP contribution in [0, 0.1) is 0 Å². The van der Waals surface area contributed by atoms with Gasteiger partial charge in [-0.25, -0.2) is 0 Å². The number of benzene rings is 2. The SMILES string of the molecule is O=C1CC2CNCCN2c2cc(OCCc3ccccc3)ccc2N1. The number of nitrogens with one attached hydrogen (secondary N) is 2. The first kappa shape index (κ1) is 16.0. The molecule has 1 saturated heterocycles. The van der Waals surface area contributed by atoms with Crippen molar-refractivity contribution in [1.29, 1.82) is 0 Å². The number of nitrogens with zero attached hydrogens (tertiary/aromatic N) is 1. The number of fused-ring (bicyclic) bond motifs is 3. The molecule has 2 aliphatic rings. The molecule has 4 rings (SSSR count). The summed E-state index contributed by atoms with van der Waals surface area (Å²) in [7, 11) is 0. The van der Waals surface area contributed by atoms with E-state index < -0.39 is 0 Å². The molecule has 1 amide bonds. The van der Waals surface area contributed by atoms with Gasteiger partial charge >= 0.3 is 0 Å². The van der Waals surface area contributed by atoms with Gasteiger partial charge in [-0.05, 0) is 17.7 Å². The Balaban J connectivity index is 1.50. The van der Waals surface area contributed by atoms with Gasteiger partial charge in [-0.2, -0.15) is 0 Å². The Morgan fingerprint density at radius 1 is 1.16 bits per heavy atom. The van der Waals surface area contributed by atoms with Gasteiger partial charge in [-0.3, -0.25) is 4.79 Å². The number of piperazine rings is 1. The second kappa shape index (κ2) is 7.15. The Labute approximate surface area is 148 Å². The maximum atomic E-state index is 12.1. The maximum Gasteiger partial charge on any atom is 0.226 e. The molecule has 0 spiro atoms. The van der Waals surface area contributed by atoms with Crippen molar-refractivity contribution in [2.75, 3.05) is 36.5 Å². The third-order valence-electron chi connectivity index (χ3n) is 4.83. The monoisotopic (exact) mass is 337 g/mol. The number of amides is 1. The van der Waals surface area contributed by atoms with E-state index in [0.29, 0.717) is 13.0 Å². The van der Waals surface area contributed by atoms with Crippen LogP contribution in [0.15, 0.2) is 48.5 Å². The van der Waals surface area contributed by atoms with Gasteiger partial charge in [0.25, 0.3) is 0 Å². The molecule has 0 saturated carbocycles. The van der Waals surface area contributed by atoms with Crippen LogP contribution in [0.25, 0.3) is 0 Å². The average molecular weight is 337 g/mol. The van der Waals surface area contributed by atoms with E-state index in [-0.39, 0.29) is 11.9 Å². The van der Waals surface area contributed by atoms with E-state index in [2.05, 4.69) is 33.7 Å². The molecule has 1 fully saturated rings. The summed E-state index contributed by atoms with van der Waals surface area (Å²) in [6.07, 6.45) is 1.40. The van der Waals surface area contributed by atoms with Gasteiger partial charge in [0.1, 0.15) is 5.75 Å². The summed E-state index contributed by atoms with van der Waals surface area (Å²) in [4.78, 5) is 14.4. The third-order valence-corrected chi connectivity index (χ3v) is 4.83. The fraction of sp³-hybridized carbons (Fsp3) is 0.350. The highest BCUT2D eigenvalue weighted by molar-refractivity contribution is 5.97. The molecule has 2 aromatic carbocycles. The Bertz CT molecular complexity index is 748. The number of hydrogen-bond acceptors (Lipinski definition) is 4. The summed E-state index contributed by atoms with van der Waals surface area (Å²) < 4.78 is 5.97. The van der Waals surface area contributed by atoms with Crippen LogP contribution in [-0.2, 0) is 11.2 Å². The largest absolute Gasteiger partial charge is 0.493 e. The van der Waals surface area contributed by atoms with Gasteiger partial charge in [0, 0.05) is 38.5 Å². The fourth-order valence-electron chi connectivity index (χ4n) is 3.55. The minimum absolute atomic E-state index is 0.0789. The number of carbonyl (C=O) groups is 1. The Morgan fingerprint density at radius 2 is 2.04 bits per heavy atom. The predicted molar refractivity (Wildman–Crippen MR) is 99.3 cm³/mol. The minimum atomic E-state index is 0.0789. The zero-order chi connectivity index (χ0) is 17.1. The molecule has 2 heterocycles. The van der Waals surface area contributed by atoms with Gasteiger partial charge in [-0.15, -0.1) is 0 Å². The molecular weight excluding hydrogens is 314 g/mol. The van der Waals surface area contributed by atoms with E-state index in [1.807, 2.05) is 30.3 Å². The highest BCUT2D eigenvalue weighted by Crippen LogP contribution is 2.35. The van der Waals surface area contributed by atoms with Crippen LogP contribution in [0.2, 0.25) is 0 Å². The van der Waals surface area contributed by atoms with Crippen molar-refractivity contribution >= 4 is 17.3 Å². The van der Waals surface area contributed by atoms with Crippen molar-refractivity contribution in [1.82, 2.24) is 5.32 Å². The van der Waals surface area contributed by atoms with Crippen LogP contribution < -0.4 is 20.3 Å². The predicted octanol–water partition coefficient (Wildman–Crippen LogP) is 2.43. The van der Waals surface area contributed by atoms with Crippen LogP contribution in [0.5, 0.6) is 5.75 Å². The Hall–Kier alpha value is -2.53. The van der Waals surface area contributed by atoms with Crippen LogP contribution in [-0.4, -0.2) is 38.2 Å². The van der Waals surface area contributed by atoms with E-state index >= 15 is 0 Å². The number of anilines is 2. The normalized spacial score (nSPS) is 19.4. The lowest BCUT2D eigenvalue weighted by Crippen LogP contribution is -2.51. The van der Waals surface area contributed by atoms with Crippen molar-refractivity contribution in [3.8, 4) is 5.75 Å². The molecular formula is C20H23N3O2. The van der Waals surface area contributed by atoms with Gasteiger partial charge < -0.3 is 20.3 Å². The standard InChI is InChI=1S/C20H23N3O2/c24-20-12-16-14-21-9-10-23(16)19-13-17(6-7-18(19)22-20)25-11-8-15-4-2-1-3-5-15/h1-7,13,16,21H,8-12,14H2,(H,22,24). The van der Waals surface area contributed by atoms with Crippen molar-refractivity contribution in [2.45, 2.75) is 18.9 Å². The van der Waals surface area contributed by atoms with Crippen molar-refractivity contribution < 1.29 is 9.53 Å². The van der Waals surface area contributed by atoms with E-state index in [1.165, 1.54) is 5.56 Å². The highest BCUT2D eigenvalue weighted by atomic mass is 16.5. The zero-order valence-corrected chi connectivity index (χ0v) is 14.2. The fourth-order valence-corrected chi connectivity index (χ4v) is 3.55. The van der Waals surface area contributed by atoms with E-state index in [9.17, 15) is 4.79 Å². The van der Waals surface area contributed by atoms with E-state index in [1.54, 1.807) is 0 Å². The number of hydrogen-bond donors (Lipinski definition) is 2. The van der Waals surface area contributed by atoms with Gasteiger partial charge in [-0.1, -0.05) is 30.3 Å². The summed E-state index contributed by atoms with van der Waals surface area (Å²) in [6, 6.07) is 16.5.